The fraction of sp³-hybridized carbons (Fsp3) is 0.500. The van der Waals surface area contributed by atoms with Crippen molar-refractivity contribution in [3.8, 4) is 0 Å². The van der Waals surface area contributed by atoms with E-state index in [4.69, 9.17) is 10.5 Å². The molecule has 1 aromatic rings. The largest absolute Gasteiger partial charge is 0.372 e. The summed E-state index contributed by atoms with van der Waals surface area (Å²) >= 11 is 0. The number of ether oxygens (including phenoxy) is 1. The Kier molecular flexibility index (Phi) is 4.63. The molecule has 1 atom stereocenters. The zero-order valence-corrected chi connectivity index (χ0v) is 8.94. The van der Waals surface area contributed by atoms with Crippen molar-refractivity contribution in [3.63, 3.8) is 0 Å². The van der Waals surface area contributed by atoms with E-state index in [0.717, 1.165) is 0 Å². The first-order chi connectivity index (χ1) is 6.75. The van der Waals surface area contributed by atoms with Crippen molar-refractivity contribution in [3.05, 3.63) is 35.9 Å². The zero-order chi connectivity index (χ0) is 10.4. The highest BCUT2D eigenvalue weighted by Crippen LogP contribution is 2.24. The molecular formula is C12H19NO. The van der Waals surface area contributed by atoms with Crippen LogP contribution in [0, 0.1) is 5.92 Å². The molecule has 0 heterocycles. The van der Waals surface area contributed by atoms with Gasteiger partial charge in [0.2, 0.25) is 0 Å². The van der Waals surface area contributed by atoms with E-state index in [0.29, 0.717) is 19.1 Å². The van der Waals surface area contributed by atoms with E-state index >= 15 is 0 Å². The maximum Gasteiger partial charge on any atom is 0.0848 e. The fourth-order valence-corrected chi connectivity index (χ4v) is 1.51. The minimum Gasteiger partial charge on any atom is -0.372 e. The van der Waals surface area contributed by atoms with Crippen molar-refractivity contribution in [1.29, 1.82) is 0 Å². The molecule has 0 bridgehead atoms. The van der Waals surface area contributed by atoms with Gasteiger partial charge in [-0.1, -0.05) is 44.2 Å². The van der Waals surface area contributed by atoms with Crippen molar-refractivity contribution < 1.29 is 4.74 Å². The van der Waals surface area contributed by atoms with E-state index < -0.39 is 0 Å². The molecule has 2 nitrogen and oxygen atoms in total. The van der Waals surface area contributed by atoms with E-state index in [9.17, 15) is 0 Å². The number of nitrogens with two attached hydrogens (primary N) is 1. The molecule has 78 valence electrons. The van der Waals surface area contributed by atoms with Gasteiger partial charge in [0.25, 0.3) is 0 Å². The molecule has 0 saturated heterocycles. The van der Waals surface area contributed by atoms with Crippen LogP contribution in [0.4, 0.5) is 0 Å². The second-order valence-corrected chi connectivity index (χ2v) is 3.73. The molecule has 1 aromatic carbocycles. The number of benzene rings is 1. The molecule has 14 heavy (non-hydrogen) atoms. The van der Waals surface area contributed by atoms with Crippen molar-refractivity contribution in [2.75, 3.05) is 13.2 Å². The van der Waals surface area contributed by atoms with Crippen LogP contribution in [0.25, 0.3) is 0 Å². The molecule has 0 amide bonds. The summed E-state index contributed by atoms with van der Waals surface area (Å²) in [6.07, 6.45) is 0.166. The number of hydrogen-bond donors (Lipinski definition) is 1. The van der Waals surface area contributed by atoms with E-state index in [1.807, 2.05) is 18.2 Å². The van der Waals surface area contributed by atoms with Crippen LogP contribution in [0.5, 0.6) is 0 Å². The van der Waals surface area contributed by atoms with Gasteiger partial charge < -0.3 is 10.5 Å². The van der Waals surface area contributed by atoms with Gasteiger partial charge in [0, 0.05) is 6.54 Å². The molecular weight excluding hydrogens is 174 g/mol. The first-order valence-electron chi connectivity index (χ1n) is 5.12. The summed E-state index contributed by atoms with van der Waals surface area (Å²) in [5, 5.41) is 0. The molecule has 0 aliphatic heterocycles. The molecule has 2 N–H and O–H groups in total. The lowest BCUT2D eigenvalue weighted by molar-refractivity contribution is 0.0259. The van der Waals surface area contributed by atoms with Crippen molar-refractivity contribution in [2.45, 2.75) is 20.0 Å². The maximum atomic E-state index is 5.71. The molecule has 0 spiro atoms. The topological polar surface area (TPSA) is 35.2 Å². The van der Waals surface area contributed by atoms with E-state index in [1.165, 1.54) is 5.56 Å². The van der Waals surface area contributed by atoms with Crippen LogP contribution in [0.2, 0.25) is 0 Å². The highest BCUT2D eigenvalue weighted by atomic mass is 16.5. The maximum absolute atomic E-state index is 5.71. The van der Waals surface area contributed by atoms with Gasteiger partial charge in [-0.25, -0.2) is 0 Å². The highest BCUT2D eigenvalue weighted by molar-refractivity contribution is 5.17. The van der Waals surface area contributed by atoms with Crippen molar-refractivity contribution in [2.24, 2.45) is 11.7 Å². The van der Waals surface area contributed by atoms with Gasteiger partial charge in [-0.3, -0.25) is 0 Å². The minimum atomic E-state index is 0.166. The normalized spacial score (nSPS) is 13.1. The molecule has 1 rings (SSSR count). The highest BCUT2D eigenvalue weighted by Gasteiger charge is 2.15. The van der Waals surface area contributed by atoms with Gasteiger partial charge in [0.1, 0.15) is 0 Å². The average Bonchev–Trinajstić information content (AvgIpc) is 2.19. The van der Waals surface area contributed by atoms with E-state index in [2.05, 4.69) is 26.0 Å². The predicted octanol–water partition coefficient (Wildman–Crippen LogP) is 2.36. The van der Waals surface area contributed by atoms with Crippen LogP contribution >= 0.6 is 0 Å². The molecule has 0 radical (unpaired) electrons. The monoisotopic (exact) mass is 193 g/mol. The lowest BCUT2D eigenvalue weighted by Gasteiger charge is -2.21. The van der Waals surface area contributed by atoms with Gasteiger partial charge in [-0.15, -0.1) is 0 Å². The summed E-state index contributed by atoms with van der Waals surface area (Å²) < 4.78 is 5.71. The Hall–Kier alpha value is -0.860. The molecule has 0 aliphatic rings. The molecule has 0 aliphatic carbocycles. The van der Waals surface area contributed by atoms with Crippen LogP contribution in [-0.2, 0) is 4.74 Å². The molecule has 0 aromatic heterocycles. The second-order valence-electron chi connectivity index (χ2n) is 3.73. The SMILES string of the molecule is CC(C)C(OCCN)c1ccccc1. The van der Waals surface area contributed by atoms with Crippen LogP contribution < -0.4 is 5.73 Å². The Labute approximate surface area is 86.1 Å². The molecule has 2 heteroatoms. The van der Waals surface area contributed by atoms with Gasteiger partial charge in [-0.2, -0.15) is 0 Å². The van der Waals surface area contributed by atoms with Crippen LogP contribution in [-0.4, -0.2) is 13.2 Å². The summed E-state index contributed by atoms with van der Waals surface area (Å²) in [5.41, 5.74) is 6.66. The van der Waals surface area contributed by atoms with Crippen LogP contribution in [0.1, 0.15) is 25.5 Å². The van der Waals surface area contributed by atoms with Gasteiger partial charge in [0.15, 0.2) is 0 Å². The van der Waals surface area contributed by atoms with Gasteiger partial charge in [0.05, 0.1) is 12.7 Å². The summed E-state index contributed by atoms with van der Waals surface area (Å²) in [4.78, 5) is 0. The lowest BCUT2D eigenvalue weighted by Crippen LogP contribution is -2.16. The van der Waals surface area contributed by atoms with Gasteiger partial charge >= 0.3 is 0 Å². The van der Waals surface area contributed by atoms with Gasteiger partial charge in [-0.05, 0) is 11.5 Å². The lowest BCUT2D eigenvalue weighted by atomic mass is 9.99. The van der Waals surface area contributed by atoms with E-state index in [-0.39, 0.29) is 6.10 Å². The minimum absolute atomic E-state index is 0.166. The van der Waals surface area contributed by atoms with Crippen molar-refractivity contribution in [1.82, 2.24) is 0 Å². The predicted molar refractivity (Wildman–Crippen MR) is 59.0 cm³/mol. The molecule has 1 unspecified atom stereocenters. The molecule has 0 fully saturated rings. The second kappa shape index (κ2) is 5.78. The van der Waals surface area contributed by atoms with Crippen LogP contribution in [0.15, 0.2) is 30.3 Å². The Balaban J connectivity index is 2.68. The Bertz CT molecular complexity index is 246. The third kappa shape index (κ3) is 3.13. The first-order valence-corrected chi connectivity index (χ1v) is 5.12. The molecule has 0 saturated carbocycles. The average molecular weight is 193 g/mol. The van der Waals surface area contributed by atoms with Crippen molar-refractivity contribution >= 4 is 0 Å². The third-order valence-electron chi connectivity index (χ3n) is 2.15. The summed E-state index contributed by atoms with van der Waals surface area (Å²) in [7, 11) is 0. The Morgan fingerprint density at radius 2 is 1.86 bits per heavy atom. The summed E-state index contributed by atoms with van der Waals surface area (Å²) in [5.74, 6) is 0.476. The smallest absolute Gasteiger partial charge is 0.0848 e. The number of rotatable bonds is 5. The zero-order valence-electron chi connectivity index (χ0n) is 8.94. The fourth-order valence-electron chi connectivity index (χ4n) is 1.51. The van der Waals surface area contributed by atoms with Crippen LogP contribution in [0.3, 0.4) is 0 Å². The Morgan fingerprint density at radius 1 is 1.21 bits per heavy atom. The van der Waals surface area contributed by atoms with E-state index in [1.54, 1.807) is 0 Å². The third-order valence-corrected chi connectivity index (χ3v) is 2.15. The quantitative estimate of drug-likeness (QED) is 0.779. The standard InChI is InChI=1S/C12H19NO/c1-10(2)12(14-9-8-13)11-6-4-3-5-7-11/h3-7,10,12H,8-9,13H2,1-2H3. The summed E-state index contributed by atoms with van der Waals surface area (Å²) in [6.45, 7) is 5.52. The first kappa shape index (κ1) is 11.2. The number of hydrogen-bond acceptors (Lipinski definition) is 2. The summed E-state index contributed by atoms with van der Waals surface area (Å²) in [6, 6.07) is 10.3. The Morgan fingerprint density at radius 3 is 2.36 bits per heavy atom.